The van der Waals surface area contributed by atoms with E-state index in [1.54, 1.807) is 0 Å². The second kappa shape index (κ2) is 4.47. The lowest BCUT2D eigenvalue weighted by Gasteiger charge is -2.12. The highest BCUT2D eigenvalue weighted by atomic mass is 16.5. The second-order valence-corrected chi connectivity index (χ2v) is 4.34. The number of nitrogens with zero attached hydrogens (tertiary/aromatic N) is 2. The molecular formula is C12H16N2O2. The van der Waals surface area contributed by atoms with E-state index in [-0.39, 0.29) is 12.2 Å². The molecule has 0 spiro atoms. The minimum atomic E-state index is 0.0985. The molecule has 3 heterocycles. The summed E-state index contributed by atoms with van der Waals surface area (Å²) in [6, 6.07) is 1.95. The Hall–Kier alpha value is -1.00. The topological polar surface area (TPSA) is 44.2 Å². The molecule has 4 nitrogen and oxygen atoms in total. The quantitative estimate of drug-likeness (QED) is 0.766. The van der Waals surface area contributed by atoms with Gasteiger partial charge in [0.1, 0.15) is 6.10 Å². The summed E-state index contributed by atoms with van der Waals surface area (Å²) in [6.45, 7) is 1.68. The summed E-state index contributed by atoms with van der Waals surface area (Å²) in [5.41, 5.74) is 1.01. The highest BCUT2D eigenvalue weighted by molar-refractivity contribution is 5.08. The summed E-state index contributed by atoms with van der Waals surface area (Å²) in [4.78, 5) is 8.88. The van der Waals surface area contributed by atoms with Crippen molar-refractivity contribution >= 4 is 0 Å². The average Bonchev–Trinajstić information content (AvgIpc) is 3.03. The number of ether oxygens (including phenoxy) is 2. The fourth-order valence-corrected chi connectivity index (χ4v) is 2.32. The van der Waals surface area contributed by atoms with Gasteiger partial charge in [-0.2, -0.15) is 0 Å². The normalized spacial score (nSPS) is 29.8. The lowest BCUT2D eigenvalue weighted by atomic mass is 10.1. The third-order valence-electron chi connectivity index (χ3n) is 3.17. The number of hydrogen-bond donors (Lipinski definition) is 0. The number of aromatic nitrogens is 2. The van der Waals surface area contributed by atoms with Crippen LogP contribution in [0.4, 0.5) is 0 Å². The van der Waals surface area contributed by atoms with Crippen molar-refractivity contribution in [2.75, 3.05) is 13.2 Å². The predicted molar refractivity (Wildman–Crippen MR) is 57.9 cm³/mol. The van der Waals surface area contributed by atoms with Crippen molar-refractivity contribution in [2.24, 2.45) is 0 Å². The van der Waals surface area contributed by atoms with E-state index in [9.17, 15) is 0 Å². The smallest absolute Gasteiger partial charge is 0.157 e. The first-order valence-corrected chi connectivity index (χ1v) is 5.99. The Morgan fingerprint density at radius 2 is 1.81 bits per heavy atom. The zero-order valence-corrected chi connectivity index (χ0v) is 9.26. The van der Waals surface area contributed by atoms with Gasteiger partial charge in [-0.25, -0.2) is 9.97 Å². The van der Waals surface area contributed by atoms with Crippen molar-refractivity contribution in [3.63, 3.8) is 0 Å². The summed E-state index contributed by atoms with van der Waals surface area (Å²) < 4.78 is 11.2. The first-order valence-electron chi connectivity index (χ1n) is 5.99. The van der Waals surface area contributed by atoms with Crippen LogP contribution in [0.15, 0.2) is 12.3 Å². The molecule has 0 N–H and O–H groups in total. The largest absolute Gasteiger partial charge is 0.372 e. The Labute approximate surface area is 95.0 Å². The molecule has 86 valence electrons. The molecule has 2 fully saturated rings. The molecule has 2 atom stereocenters. The van der Waals surface area contributed by atoms with E-state index >= 15 is 0 Å². The van der Waals surface area contributed by atoms with Crippen LogP contribution in [-0.4, -0.2) is 23.2 Å². The first-order chi connectivity index (χ1) is 7.93. The number of rotatable bonds is 2. The van der Waals surface area contributed by atoms with Crippen molar-refractivity contribution in [1.82, 2.24) is 9.97 Å². The monoisotopic (exact) mass is 220 g/mol. The Morgan fingerprint density at radius 3 is 2.50 bits per heavy atom. The van der Waals surface area contributed by atoms with Gasteiger partial charge in [-0.15, -0.1) is 0 Å². The zero-order valence-electron chi connectivity index (χ0n) is 9.26. The molecule has 4 heteroatoms. The lowest BCUT2D eigenvalue weighted by Crippen LogP contribution is -2.07. The molecule has 1 aromatic rings. The molecular weight excluding hydrogens is 204 g/mol. The van der Waals surface area contributed by atoms with E-state index in [0.29, 0.717) is 0 Å². The van der Waals surface area contributed by atoms with Crippen LogP contribution >= 0.6 is 0 Å². The molecule has 1 aromatic heterocycles. The molecule has 2 aliphatic heterocycles. The van der Waals surface area contributed by atoms with E-state index in [1.165, 1.54) is 0 Å². The highest BCUT2D eigenvalue weighted by Gasteiger charge is 2.23. The van der Waals surface area contributed by atoms with Crippen molar-refractivity contribution in [3.05, 3.63) is 23.8 Å². The second-order valence-electron chi connectivity index (χ2n) is 4.34. The van der Waals surface area contributed by atoms with Crippen LogP contribution in [0, 0.1) is 0 Å². The maximum Gasteiger partial charge on any atom is 0.157 e. The molecule has 2 saturated heterocycles. The summed E-state index contributed by atoms with van der Waals surface area (Å²) >= 11 is 0. The van der Waals surface area contributed by atoms with Crippen LogP contribution in [0.5, 0.6) is 0 Å². The third kappa shape index (κ3) is 1.95. The summed E-state index contributed by atoms with van der Waals surface area (Å²) in [5, 5.41) is 0. The van der Waals surface area contributed by atoms with E-state index in [4.69, 9.17) is 9.47 Å². The summed E-state index contributed by atoms with van der Waals surface area (Å²) in [6.07, 6.45) is 6.43. The minimum Gasteiger partial charge on any atom is -0.372 e. The Balaban J connectivity index is 1.81. The van der Waals surface area contributed by atoms with Gasteiger partial charge >= 0.3 is 0 Å². The maximum absolute atomic E-state index is 5.63. The minimum absolute atomic E-state index is 0.0985. The average molecular weight is 220 g/mol. The summed E-state index contributed by atoms with van der Waals surface area (Å²) in [5.74, 6) is 0.825. The van der Waals surface area contributed by atoms with Crippen molar-refractivity contribution in [1.29, 1.82) is 0 Å². The van der Waals surface area contributed by atoms with Gasteiger partial charge in [-0.1, -0.05) is 0 Å². The SMILES string of the molecule is c1cc(C2CCCO2)nc(C2CCCO2)n1. The molecule has 0 radical (unpaired) electrons. The van der Waals surface area contributed by atoms with Gasteiger partial charge < -0.3 is 9.47 Å². The molecule has 0 aliphatic carbocycles. The van der Waals surface area contributed by atoms with Gasteiger partial charge in [0.25, 0.3) is 0 Å². The van der Waals surface area contributed by atoms with Gasteiger partial charge in [0.15, 0.2) is 5.82 Å². The van der Waals surface area contributed by atoms with Gasteiger partial charge in [0.05, 0.1) is 11.8 Å². The Bertz CT molecular complexity index is 327. The van der Waals surface area contributed by atoms with Crippen LogP contribution in [0.2, 0.25) is 0 Å². The van der Waals surface area contributed by atoms with E-state index in [1.807, 2.05) is 12.3 Å². The molecule has 2 unspecified atom stereocenters. The van der Waals surface area contributed by atoms with Gasteiger partial charge in [-0.3, -0.25) is 0 Å². The summed E-state index contributed by atoms with van der Waals surface area (Å²) in [7, 11) is 0. The standard InChI is InChI=1S/C12H16N2O2/c1-3-10(15-7-1)9-5-6-13-12(14-9)11-4-2-8-16-11/h5-6,10-11H,1-4,7-8H2. The molecule has 0 aromatic carbocycles. The van der Waals surface area contributed by atoms with Gasteiger partial charge in [-0.05, 0) is 31.7 Å². The van der Waals surface area contributed by atoms with Gasteiger partial charge in [0, 0.05) is 19.4 Å². The van der Waals surface area contributed by atoms with Crippen LogP contribution < -0.4 is 0 Å². The van der Waals surface area contributed by atoms with E-state index < -0.39 is 0 Å². The van der Waals surface area contributed by atoms with Crippen molar-refractivity contribution < 1.29 is 9.47 Å². The van der Waals surface area contributed by atoms with Crippen LogP contribution in [0.25, 0.3) is 0 Å². The highest BCUT2D eigenvalue weighted by Crippen LogP contribution is 2.30. The fourth-order valence-electron chi connectivity index (χ4n) is 2.32. The maximum atomic E-state index is 5.63. The van der Waals surface area contributed by atoms with Crippen LogP contribution in [0.3, 0.4) is 0 Å². The molecule has 3 rings (SSSR count). The first kappa shape index (κ1) is 10.2. The van der Waals surface area contributed by atoms with E-state index in [2.05, 4.69) is 9.97 Å². The Morgan fingerprint density at radius 1 is 1.06 bits per heavy atom. The third-order valence-corrected chi connectivity index (χ3v) is 3.17. The Kier molecular flexibility index (Phi) is 2.84. The molecule has 0 saturated carbocycles. The lowest BCUT2D eigenvalue weighted by molar-refractivity contribution is 0.0976. The van der Waals surface area contributed by atoms with Crippen molar-refractivity contribution in [3.8, 4) is 0 Å². The van der Waals surface area contributed by atoms with Crippen LogP contribution in [-0.2, 0) is 9.47 Å². The molecule has 0 bridgehead atoms. The van der Waals surface area contributed by atoms with E-state index in [0.717, 1.165) is 50.4 Å². The van der Waals surface area contributed by atoms with Gasteiger partial charge in [0.2, 0.25) is 0 Å². The van der Waals surface area contributed by atoms with Crippen LogP contribution in [0.1, 0.15) is 49.4 Å². The molecule has 16 heavy (non-hydrogen) atoms. The predicted octanol–water partition coefficient (Wildman–Crippen LogP) is 2.18. The fraction of sp³-hybridized carbons (Fsp3) is 0.667. The molecule has 0 amide bonds. The van der Waals surface area contributed by atoms with Crippen molar-refractivity contribution in [2.45, 2.75) is 37.9 Å². The number of hydrogen-bond acceptors (Lipinski definition) is 4. The zero-order chi connectivity index (χ0) is 10.8. The molecule has 2 aliphatic rings.